The van der Waals surface area contributed by atoms with E-state index in [0.29, 0.717) is 12.4 Å². The van der Waals surface area contributed by atoms with Crippen LogP contribution in [0.25, 0.3) is 0 Å². The summed E-state index contributed by atoms with van der Waals surface area (Å²) in [5, 5.41) is 14.8. The van der Waals surface area contributed by atoms with Crippen LogP contribution < -0.4 is 15.4 Å². The van der Waals surface area contributed by atoms with Crippen molar-refractivity contribution in [3.8, 4) is 5.88 Å². The van der Waals surface area contributed by atoms with E-state index in [-0.39, 0.29) is 6.10 Å². The molecule has 0 radical (unpaired) electrons. The van der Waals surface area contributed by atoms with Gasteiger partial charge in [0.2, 0.25) is 5.88 Å². The highest BCUT2D eigenvalue weighted by Crippen LogP contribution is 2.26. The normalized spacial score (nSPS) is 19.5. The fourth-order valence-electron chi connectivity index (χ4n) is 3.68. The first-order chi connectivity index (χ1) is 14.7. The van der Waals surface area contributed by atoms with Gasteiger partial charge in [-0.25, -0.2) is 9.98 Å². The molecule has 30 heavy (non-hydrogen) atoms. The first-order valence-corrected chi connectivity index (χ1v) is 11.2. The molecule has 1 aliphatic rings. The van der Waals surface area contributed by atoms with E-state index in [1.807, 2.05) is 18.3 Å². The van der Waals surface area contributed by atoms with Crippen LogP contribution in [0, 0.1) is 5.92 Å². The van der Waals surface area contributed by atoms with Gasteiger partial charge >= 0.3 is 0 Å². The number of nitrogens with one attached hydrogen (secondary N) is 2. The van der Waals surface area contributed by atoms with Crippen molar-refractivity contribution in [2.24, 2.45) is 10.9 Å². The summed E-state index contributed by atoms with van der Waals surface area (Å²) in [6.07, 6.45) is 9.46. The van der Waals surface area contributed by atoms with Crippen LogP contribution in [0.2, 0.25) is 0 Å². The molecule has 2 N–H and O–H groups in total. The van der Waals surface area contributed by atoms with Crippen molar-refractivity contribution in [1.29, 1.82) is 0 Å². The Labute approximate surface area is 179 Å². The van der Waals surface area contributed by atoms with Gasteiger partial charge in [0.1, 0.15) is 18.3 Å². The van der Waals surface area contributed by atoms with Crippen LogP contribution in [-0.2, 0) is 19.5 Å². The Morgan fingerprint density at radius 3 is 2.83 bits per heavy atom. The molecule has 0 saturated heterocycles. The SMILES string of the molecule is CCNC(=NCc1ccnc(OC2CCC(C)CC2)c1)NCCn1cnnc1CC. The van der Waals surface area contributed by atoms with Gasteiger partial charge in [0.25, 0.3) is 0 Å². The van der Waals surface area contributed by atoms with Crippen LogP contribution in [-0.4, -0.2) is 44.9 Å². The highest BCUT2D eigenvalue weighted by Gasteiger charge is 2.19. The van der Waals surface area contributed by atoms with E-state index in [0.717, 1.165) is 62.2 Å². The molecule has 2 aromatic heterocycles. The van der Waals surface area contributed by atoms with Crippen LogP contribution in [0.5, 0.6) is 5.88 Å². The standard InChI is InChI=1S/C22H35N7O/c1-4-20-28-27-16-29(20)13-12-25-22(23-5-2)26-15-18-10-11-24-21(14-18)30-19-8-6-17(3)7-9-19/h10-11,14,16-17,19H,4-9,12-13,15H2,1-3H3,(H2,23,25,26). The lowest BCUT2D eigenvalue weighted by Gasteiger charge is -2.26. The zero-order chi connectivity index (χ0) is 21.2. The van der Waals surface area contributed by atoms with Crippen molar-refractivity contribution in [2.75, 3.05) is 13.1 Å². The number of nitrogens with zero attached hydrogens (tertiary/aromatic N) is 5. The fraction of sp³-hybridized carbons (Fsp3) is 0.636. The van der Waals surface area contributed by atoms with Crippen LogP contribution in [0.15, 0.2) is 29.6 Å². The Hall–Kier alpha value is -2.64. The molecule has 0 unspecified atom stereocenters. The van der Waals surface area contributed by atoms with E-state index in [4.69, 9.17) is 9.73 Å². The van der Waals surface area contributed by atoms with Gasteiger partial charge in [-0.2, -0.15) is 0 Å². The van der Waals surface area contributed by atoms with Gasteiger partial charge < -0.3 is 19.9 Å². The molecule has 2 aromatic rings. The van der Waals surface area contributed by atoms with E-state index < -0.39 is 0 Å². The molecule has 8 heteroatoms. The lowest BCUT2D eigenvalue weighted by Crippen LogP contribution is -2.38. The van der Waals surface area contributed by atoms with Crippen molar-refractivity contribution < 1.29 is 4.74 Å². The molecule has 0 atom stereocenters. The number of guanidine groups is 1. The minimum atomic E-state index is 0.289. The van der Waals surface area contributed by atoms with Crippen LogP contribution in [0.1, 0.15) is 57.8 Å². The molecule has 3 rings (SSSR count). The van der Waals surface area contributed by atoms with E-state index >= 15 is 0 Å². The average Bonchev–Trinajstić information content (AvgIpc) is 3.21. The number of aromatic nitrogens is 4. The summed E-state index contributed by atoms with van der Waals surface area (Å²) >= 11 is 0. The van der Waals surface area contributed by atoms with Crippen molar-refractivity contribution >= 4 is 5.96 Å². The minimum absolute atomic E-state index is 0.289. The van der Waals surface area contributed by atoms with Gasteiger partial charge in [0.15, 0.2) is 5.96 Å². The average molecular weight is 414 g/mol. The monoisotopic (exact) mass is 413 g/mol. The van der Waals surface area contributed by atoms with Crippen molar-refractivity contribution in [3.05, 3.63) is 36.0 Å². The molecule has 1 saturated carbocycles. The molecular weight excluding hydrogens is 378 g/mol. The van der Waals surface area contributed by atoms with Crippen LogP contribution in [0.4, 0.5) is 0 Å². The Morgan fingerprint density at radius 2 is 2.07 bits per heavy atom. The number of aryl methyl sites for hydroxylation is 1. The predicted octanol–water partition coefficient (Wildman–Crippen LogP) is 2.95. The van der Waals surface area contributed by atoms with Crippen molar-refractivity contribution in [3.63, 3.8) is 0 Å². The third kappa shape index (κ3) is 6.71. The van der Waals surface area contributed by atoms with E-state index in [1.165, 1.54) is 12.8 Å². The fourth-order valence-corrected chi connectivity index (χ4v) is 3.68. The largest absolute Gasteiger partial charge is 0.474 e. The first-order valence-electron chi connectivity index (χ1n) is 11.2. The quantitative estimate of drug-likeness (QED) is 0.485. The zero-order valence-electron chi connectivity index (χ0n) is 18.5. The van der Waals surface area contributed by atoms with Crippen LogP contribution in [0.3, 0.4) is 0 Å². The number of aliphatic imine (C=N–C) groups is 1. The molecule has 0 bridgehead atoms. The topological polar surface area (TPSA) is 89.3 Å². The number of pyridine rings is 1. The number of rotatable bonds is 9. The molecule has 0 aliphatic heterocycles. The lowest BCUT2D eigenvalue weighted by molar-refractivity contribution is 0.130. The second-order valence-corrected chi connectivity index (χ2v) is 7.92. The Morgan fingerprint density at radius 1 is 1.23 bits per heavy atom. The van der Waals surface area contributed by atoms with Gasteiger partial charge in [-0.3, -0.25) is 0 Å². The smallest absolute Gasteiger partial charge is 0.213 e. The summed E-state index contributed by atoms with van der Waals surface area (Å²) in [6, 6.07) is 4.00. The molecule has 8 nitrogen and oxygen atoms in total. The van der Waals surface area contributed by atoms with E-state index in [2.05, 4.69) is 51.2 Å². The Balaban J connectivity index is 1.52. The number of hydrogen-bond donors (Lipinski definition) is 2. The number of ether oxygens (including phenoxy) is 1. The maximum atomic E-state index is 6.12. The second-order valence-electron chi connectivity index (χ2n) is 7.92. The molecule has 1 aliphatic carbocycles. The molecule has 2 heterocycles. The van der Waals surface area contributed by atoms with Crippen LogP contribution >= 0.6 is 0 Å². The van der Waals surface area contributed by atoms with Gasteiger partial charge in [-0.15, -0.1) is 10.2 Å². The summed E-state index contributed by atoms with van der Waals surface area (Å²) in [4.78, 5) is 9.11. The van der Waals surface area contributed by atoms with Gasteiger partial charge in [-0.1, -0.05) is 13.8 Å². The highest BCUT2D eigenvalue weighted by atomic mass is 16.5. The predicted molar refractivity (Wildman–Crippen MR) is 119 cm³/mol. The molecular formula is C22H35N7O. The second kappa shape index (κ2) is 11.5. The minimum Gasteiger partial charge on any atom is -0.474 e. The summed E-state index contributed by atoms with van der Waals surface area (Å²) in [5.74, 6) is 3.31. The molecule has 164 valence electrons. The van der Waals surface area contributed by atoms with Gasteiger partial charge in [0.05, 0.1) is 6.54 Å². The van der Waals surface area contributed by atoms with Crippen molar-refractivity contribution in [1.82, 2.24) is 30.4 Å². The summed E-state index contributed by atoms with van der Waals surface area (Å²) in [5.41, 5.74) is 1.09. The third-order valence-electron chi connectivity index (χ3n) is 5.47. The molecule has 0 aromatic carbocycles. The summed E-state index contributed by atoms with van der Waals surface area (Å²) in [7, 11) is 0. The lowest BCUT2D eigenvalue weighted by atomic mass is 9.89. The highest BCUT2D eigenvalue weighted by molar-refractivity contribution is 5.79. The molecule has 0 spiro atoms. The Bertz CT molecular complexity index is 796. The van der Waals surface area contributed by atoms with E-state index in [9.17, 15) is 0 Å². The third-order valence-corrected chi connectivity index (χ3v) is 5.47. The molecule has 0 amide bonds. The van der Waals surface area contributed by atoms with Crippen molar-refractivity contribution in [2.45, 2.75) is 72.1 Å². The summed E-state index contributed by atoms with van der Waals surface area (Å²) in [6.45, 7) is 9.40. The summed E-state index contributed by atoms with van der Waals surface area (Å²) < 4.78 is 8.19. The Kier molecular flexibility index (Phi) is 8.47. The van der Waals surface area contributed by atoms with Gasteiger partial charge in [0, 0.05) is 38.3 Å². The first kappa shape index (κ1) is 22.1. The van der Waals surface area contributed by atoms with Gasteiger partial charge in [-0.05, 0) is 50.2 Å². The van der Waals surface area contributed by atoms with E-state index in [1.54, 1.807) is 6.33 Å². The zero-order valence-corrected chi connectivity index (χ0v) is 18.5. The maximum Gasteiger partial charge on any atom is 0.213 e. The maximum absolute atomic E-state index is 6.12. The molecule has 1 fully saturated rings. The number of hydrogen-bond acceptors (Lipinski definition) is 5.